The number of hydrogen-bond acceptors (Lipinski definition) is 4. The molecule has 1 heterocycles. The van der Waals surface area contributed by atoms with Crippen molar-refractivity contribution in [1.29, 1.82) is 0 Å². The molecule has 0 amide bonds. The normalized spacial score (nSPS) is 12.2. The Hall–Kier alpha value is -4.72. The van der Waals surface area contributed by atoms with Gasteiger partial charge in [0.25, 0.3) is 10.1 Å². The molecule has 4 aromatic carbocycles. The summed E-state index contributed by atoms with van der Waals surface area (Å²) in [4.78, 5) is 3.29. The zero-order valence-corrected chi connectivity index (χ0v) is 22.8. The summed E-state index contributed by atoms with van der Waals surface area (Å²) in [5, 5.41) is 5.00. The summed E-state index contributed by atoms with van der Waals surface area (Å²) >= 11 is 0. The Labute approximate surface area is 232 Å². The van der Waals surface area contributed by atoms with Crippen LogP contribution >= 0.6 is 0 Å². The molecule has 0 fully saturated rings. The minimum atomic E-state index is -4.48. The minimum absolute atomic E-state index is 0.159. The maximum Gasteiger partial charge on any atom is 0.295 e. The summed E-state index contributed by atoms with van der Waals surface area (Å²) in [6, 6.07) is 34.0. The van der Waals surface area contributed by atoms with Crippen LogP contribution in [-0.4, -0.2) is 13.0 Å². The van der Waals surface area contributed by atoms with Crippen LogP contribution in [0.25, 0.3) is 33.4 Å². The van der Waals surface area contributed by atoms with Crippen molar-refractivity contribution >= 4 is 38.1 Å². The number of hydrogen-bond donors (Lipinski definition) is 3. The molecular formula is C33H27N2O4S+. The fourth-order valence-corrected chi connectivity index (χ4v) is 5.67. The largest absolute Gasteiger partial charge is 0.456 e. The van der Waals surface area contributed by atoms with Crippen molar-refractivity contribution in [2.24, 2.45) is 0 Å². The van der Waals surface area contributed by atoms with Crippen molar-refractivity contribution in [2.75, 3.05) is 5.32 Å². The van der Waals surface area contributed by atoms with E-state index in [4.69, 9.17) is 4.42 Å². The van der Waals surface area contributed by atoms with Crippen molar-refractivity contribution in [3.8, 4) is 22.5 Å². The van der Waals surface area contributed by atoms with Gasteiger partial charge in [0.1, 0.15) is 16.2 Å². The molecule has 7 heteroatoms. The quantitative estimate of drug-likeness (QED) is 0.179. The van der Waals surface area contributed by atoms with Gasteiger partial charge in [0, 0.05) is 57.2 Å². The molecule has 0 saturated heterocycles. The van der Waals surface area contributed by atoms with E-state index in [9.17, 15) is 13.0 Å². The standard InChI is InChI=1S/C33H26N2O4S/c1-21-9-3-6-12-28(21)34-23-15-17-25-30(19-23)39-31-20-24(35-29-13-7-4-10-22(29)2)16-18-26(31)33(25)27-11-5-8-14-32(27)40(36,37)38/h3-20,34H,1-2H3,(H,36,37,38)/p+1. The highest BCUT2D eigenvalue weighted by Gasteiger charge is 2.24. The molecule has 0 aromatic heterocycles. The van der Waals surface area contributed by atoms with Gasteiger partial charge in [-0.15, -0.1) is 0 Å². The summed E-state index contributed by atoms with van der Waals surface area (Å²) in [7, 11) is -4.48. The fourth-order valence-electron chi connectivity index (χ4n) is 4.97. The SMILES string of the molecule is Cc1ccccc1Nc1ccc2c(-c3ccccc3S(=O)(=O)O)c3ccc(=[NH+]c4ccccc4C)cc-3oc2c1. The highest BCUT2D eigenvalue weighted by atomic mass is 32.2. The van der Waals surface area contributed by atoms with Crippen LogP contribution in [-0.2, 0) is 10.1 Å². The number of aryl methyl sites for hydroxylation is 2. The second kappa shape index (κ2) is 10.1. The third-order valence-electron chi connectivity index (χ3n) is 7.00. The topological polar surface area (TPSA) is 93.5 Å². The first-order valence-corrected chi connectivity index (χ1v) is 14.3. The van der Waals surface area contributed by atoms with E-state index < -0.39 is 10.1 Å². The number of fused-ring (bicyclic) bond motifs is 2. The van der Waals surface area contributed by atoms with Gasteiger partial charge in [-0.2, -0.15) is 8.42 Å². The molecule has 1 aliphatic heterocycles. The lowest BCUT2D eigenvalue weighted by Crippen LogP contribution is -2.70. The lowest BCUT2D eigenvalue weighted by atomic mass is 9.93. The third kappa shape index (κ3) is 4.88. The second-order valence-electron chi connectivity index (χ2n) is 9.75. The van der Waals surface area contributed by atoms with E-state index in [1.807, 2.05) is 98.8 Å². The van der Waals surface area contributed by atoms with Gasteiger partial charge < -0.3 is 9.73 Å². The highest BCUT2D eigenvalue weighted by molar-refractivity contribution is 7.86. The third-order valence-corrected chi connectivity index (χ3v) is 7.92. The molecule has 40 heavy (non-hydrogen) atoms. The van der Waals surface area contributed by atoms with Gasteiger partial charge in [0.2, 0.25) is 11.0 Å². The molecule has 6 rings (SSSR count). The number of para-hydroxylation sites is 2. The Kier molecular flexibility index (Phi) is 6.46. The summed E-state index contributed by atoms with van der Waals surface area (Å²) in [6.45, 7) is 4.07. The average Bonchev–Trinajstić information content (AvgIpc) is 2.94. The van der Waals surface area contributed by atoms with E-state index in [-0.39, 0.29) is 4.90 Å². The molecule has 0 radical (unpaired) electrons. The van der Waals surface area contributed by atoms with Crippen LogP contribution in [0.4, 0.5) is 17.1 Å². The summed E-state index contributed by atoms with van der Waals surface area (Å²) < 4.78 is 41.3. The Bertz CT molecular complexity index is 2040. The van der Waals surface area contributed by atoms with E-state index in [2.05, 4.69) is 10.3 Å². The molecule has 6 nitrogen and oxygen atoms in total. The van der Waals surface area contributed by atoms with Gasteiger partial charge >= 0.3 is 0 Å². The Balaban J connectivity index is 1.63. The van der Waals surface area contributed by atoms with Gasteiger partial charge in [-0.1, -0.05) is 54.6 Å². The van der Waals surface area contributed by atoms with Crippen LogP contribution in [0.2, 0.25) is 0 Å². The lowest BCUT2D eigenvalue weighted by molar-refractivity contribution is -0.403. The van der Waals surface area contributed by atoms with E-state index >= 15 is 0 Å². The van der Waals surface area contributed by atoms with E-state index in [0.717, 1.165) is 44.5 Å². The predicted molar refractivity (Wildman–Crippen MR) is 157 cm³/mol. The Morgan fingerprint density at radius 2 is 1.48 bits per heavy atom. The van der Waals surface area contributed by atoms with Crippen molar-refractivity contribution in [3.05, 3.63) is 126 Å². The van der Waals surface area contributed by atoms with Crippen LogP contribution in [0, 0.1) is 13.8 Å². The van der Waals surface area contributed by atoms with Crippen LogP contribution in [0.1, 0.15) is 11.1 Å². The van der Waals surface area contributed by atoms with Crippen LogP contribution in [0.3, 0.4) is 0 Å². The number of nitrogens with one attached hydrogen (secondary N) is 2. The van der Waals surface area contributed by atoms with Gasteiger partial charge in [-0.25, -0.2) is 4.99 Å². The molecule has 0 spiro atoms. The first-order chi connectivity index (χ1) is 19.3. The molecule has 0 atom stereocenters. The smallest absolute Gasteiger partial charge is 0.295 e. The van der Waals surface area contributed by atoms with Gasteiger partial charge in [0.05, 0.1) is 6.07 Å². The predicted octanol–water partition coefficient (Wildman–Crippen LogP) is 6.12. The summed E-state index contributed by atoms with van der Waals surface area (Å²) in [5.74, 6) is 0.569. The van der Waals surface area contributed by atoms with Crippen LogP contribution in [0.5, 0.6) is 0 Å². The van der Waals surface area contributed by atoms with Gasteiger partial charge in [-0.3, -0.25) is 4.55 Å². The highest BCUT2D eigenvalue weighted by Crippen LogP contribution is 2.42. The molecule has 1 aliphatic carbocycles. The molecule has 0 unspecified atom stereocenters. The van der Waals surface area contributed by atoms with Crippen molar-refractivity contribution in [2.45, 2.75) is 18.7 Å². The average molecular weight is 548 g/mol. The van der Waals surface area contributed by atoms with Gasteiger partial charge in [0.15, 0.2) is 0 Å². The molecule has 0 bridgehead atoms. The first kappa shape index (κ1) is 25.6. The monoisotopic (exact) mass is 547 g/mol. The van der Waals surface area contributed by atoms with Crippen molar-refractivity contribution in [3.63, 3.8) is 0 Å². The second-order valence-corrected chi connectivity index (χ2v) is 11.1. The molecule has 3 N–H and O–H groups in total. The number of benzene rings is 5. The number of anilines is 2. The zero-order chi connectivity index (χ0) is 27.9. The molecule has 0 saturated carbocycles. The molecule has 198 valence electrons. The molecular weight excluding hydrogens is 520 g/mol. The maximum absolute atomic E-state index is 12.4. The van der Waals surface area contributed by atoms with Crippen LogP contribution in [0.15, 0.2) is 119 Å². The number of rotatable bonds is 5. The van der Waals surface area contributed by atoms with E-state index in [0.29, 0.717) is 22.5 Å². The summed E-state index contributed by atoms with van der Waals surface area (Å²) in [5.41, 5.74) is 7.34. The lowest BCUT2D eigenvalue weighted by Gasteiger charge is -2.17. The van der Waals surface area contributed by atoms with Crippen molar-refractivity contribution in [1.82, 2.24) is 0 Å². The zero-order valence-electron chi connectivity index (χ0n) is 22.0. The fraction of sp³-hybridized carbons (Fsp3) is 0.0606. The maximum atomic E-state index is 12.4. The minimum Gasteiger partial charge on any atom is -0.456 e. The first-order valence-electron chi connectivity index (χ1n) is 12.8. The summed E-state index contributed by atoms with van der Waals surface area (Å²) in [6.07, 6.45) is 0. The van der Waals surface area contributed by atoms with E-state index in [1.165, 1.54) is 6.07 Å². The molecule has 4 aromatic rings. The van der Waals surface area contributed by atoms with Gasteiger partial charge in [-0.05, 0) is 49.7 Å². The van der Waals surface area contributed by atoms with E-state index in [1.54, 1.807) is 18.2 Å². The molecule has 2 aliphatic rings. The Morgan fingerprint density at radius 3 is 2.25 bits per heavy atom. The van der Waals surface area contributed by atoms with Crippen molar-refractivity contribution < 1.29 is 22.4 Å². The van der Waals surface area contributed by atoms with Crippen LogP contribution < -0.4 is 15.7 Å². The Morgan fingerprint density at radius 1 is 0.750 bits per heavy atom.